The first-order valence-corrected chi connectivity index (χ1v) is 8.39. The summed E-state index contributed by atoms with van der Waals surface area (Å²) in [6.45, 7) is 3.97. The van der Waals surface area contributed by atoms with Crippen LogP contribution in [-0.2, 0) is 6.54 Å². The van der Waals surface area contributed by atoms with E-state index < -0.39 is 0 Å². The van der Waals surface area contributed by atoms with Crippen molar-refractivity contribution in [3.8, 4) is 0 Å². The molecule has 1 unspecified atom stereocenters. The third kappa shape index (κ3) is 2.99. The molecule has 0 saturated carbocycles. The van der Waals surface area contributed by atoms with E-state index in [0.717, 1.165) is 24.5 Å². The number of aryl methyl sites for hydroxylation is 1. The van der Waals surface area contributed by atoms with Crippen LogP contribution in [0.1, 0.15) is 42.4 Å². The van der Waals surface area contributed by atoms with Crippen molar-refractivity contribution in [2.45, 2.75) is 38.8 Å². The number of hydrogen-bond donors (Lipinski definition) is 1. The minimum Gasteiger partial charge on any atom is -0.357 e. The van der Waals surface area contributed by atoms with E-state index in [-0.39, 0.29) is 0 Å². The second-order valence-corrected chi connectivity index (χ2v) is 6.44. The van der Waals surface area contributed by atoms with E-state index in [1.165, 1.54) is 35.9 Å². The van der Waals surface area contributed by atoms with E-state index in [4.69, 9.17) is 0 Å². The molecule has 1 aliphatic rings. The Morgan fingerprint density at radius 2 is 2.09 bits per heavy atom. The van der Waals surface area contributed by atoms with Crippen molar-refractivity contribution in [3.05, 3.63) is 59.8 Å². The summed E-state index contributed by atoms with van der Waals surface area (Å²) in [6.07, 6.45) is 7.52. The minimum atomic E-state index is 0.444. The Morgan fingerprint density at radius 3 is 2.91 bits per heavy atom. The molecule has 1 aliphatic heterocycles. The number of aromatic nitrogens is 3. The number of piperidine rings is 1. The number of para-hydroxylation sites is 1. The Morgan fingerprint density at radius 1 is 1.17 bits per heavy atom. The van der Waals surface area contributed by atoms with E-state index in [1.54, 1.807) is 0 Å². The molecular formula is C19H22N4. The Bertz CT molecular complexity index is 757. The monoisotopic (exact) mass is 306 g/mol. The number of aromatic amines is 1. The summed E-state index contributed by atoms with van der Waals surface area (Å²) in [4.78, 5) is 15.1. The number of rotatable bonds is 3. The zero-order chi connectivity index (χ0) is 15.6. The molecule has 4 nitrogen and oxygen atoms in total. The third-order valence-corrected chi connectivity index (χ3v) is 4.72. The minimum absolute atomic E-state index is 0.444. The molecule has 1 saturated heterocycles. The fourth-order valence-corrected chi connectivity index (χ4v) is 3.52. The Balaban J connectivity index is 1.60. The maximum Gasteiger partial charge on any atom is 0.0727 e. The molecule has 1 N–H and O–H groups in total. The van der Waals surface area contributed by atoms with E-state index in [1.807, 2.05) is 19.3 Å². The molecule has 2 aromatic heterocycles. The Labute approximate surface area is 136 Å². The fourth-order valence-electron chi connectivity index (χ4n) is 3.52. The molecule has 3 heterocycles. The molecule has 0 bridgehead atoms. The molecule has 23 heavy (non-hydrogen) atoms. The van der Waals surface area contributed by atoms with Gasteiger partial charge in [-0.15, -0.1) is 0 Å². The first-order valence-electron chi connectivity index (χ1n) is 8.39. The number of H-pyrrole nitrogens is 1. The van der Waals surface area contributed by atoms with E-state index in [2.05, 4.69) is 50.2 Å². The summed E-state index contributed by atoms with van der Waals surface area (Å²) in [6, 6.07) is 11.3. The number of nitrogens with one attached hydrogen (secondary N) is 1. The predicted octanol–water partition coefficient (Wildman–Crippen LogP) is 3.99. The van der Waals surface area contributed by atoms with Gasteiger partial charge in [0.15, 0.2) is 0 Å². The molecule has 1 atom stereocenters. The summed E-state index contributed by atoms with van der Waals surface area (Å²) in [5.41, 5.74) is 4.58. The molecular weight excluding hydrogens is 284 g/mol. The molecule has 0 spiro atoms. The van der Waals surface area contributed by atoms with E-state index in [0.29, 0.717) is 6.04 Å². The van der Waals surface area contributed by atoms with Crippen LogP contribution in [0.5, 0.6) is 0 Å². The summed E-state index contributed by atoms with van der Waals surface area (Å²) in [5, 5.41) is 1.29. The second kappa shape index (κ2) is 6.13. The van der Waals surface area contributed by atoms with Gasteiger partial charge in [0, 0.05) is 30.1 Å². The van der Waals surface area contributed by atoms with Crippen LogP contribution in [0.15, 0.2) is 42.7 Å². The molecule has 0 radical (unpaired) electrons. The Kier molecular flexibility index (Phi) is 3.83. The summed E-state index contributed by atoms with van der Waals surface area (Å²) >= 11 is 0. The molecule has 1 fully saturated rings. The second-order valence-electron chi connectivity index (χ2n) is 6.44. The summed E-state index contributed by atoms with van der Waals surface area (Å²) in [7, 11) is 0. The SMILES string of the molecule is Cc1cnc(CN2CCCCC2c2cc3ccccc3[nH]2)cn1. The number of nitrogens with zero attached hydrogens (tertiary/aromatic N) is 3. The van der Waals surface area contributed by atoms with Gasteiger partial charge in [0.1, 0.15) is 0 Å². The highest BCUT2D eigenvalue weighted by Crippen LogP contribution is 2.33. The standard InChI is InChI=1S/C19H22N4/c1-14-11-21-16(12-20-14)13-23-9-5-4-8-19(23)18-10-15-6-2-3-7-17(15)22-18/h2-3,6-7,10-12,19,22H,4-5,8-9,13H2,1H3. The van der Waals surface area contributed by atoms with Crippen LogP contribution in [0.3, 0.4) is 0 Å². The van der Waals surface area contributed by atoms with Crippen LogP contribution in [-0.4, -0.2) is 26.4 Å². The van der Waals surface area contributed by atoms with Crippen LogP contribution < -0.4 is 0 Å². The fraction of sp³-hybridized carbons (Fsp3) is 0.368. The van der Waals surface area contributed by atoms with Crippen molar-refractivity contribution in [1.29, 1.82) is 0 Å². The maximum atomic E-state index is 4.53. The predicted molar refractivity (Wildman–Crippen MR) is 92.1 cm³/mol. The van der Waals surface area contributed by atoms with Gasteiger partial charge in [-0.05, 0) is 43.8 Å². The van der Waals surface area contributed by atoms with Gasteiger partial charge in [0.05, 0.1) is 17.4 Å². The van der Waals surface area contributed by atoms with Crippen molar-refractivity contribution in [3.63, 3.8) is 0 Å². The van der Waals surface area contributed by atoms with Gasteiger partial charge in [-0.25, -0.2) is 0 Å². The van der Waals surface area contributed by atoms with E-state index >= 15 is 0 Å². The molecule has 4 rings (SSSR count). The summed E-state index contributed by atoms with van der Waals surface area (Å²) < 4.78 is 0. The van der Waals surface area contributed by atoms with Crippen LogP contribution in [0, 0.1) is 6.92 Å². The average Bonchev–Trinajstić information content (AvgIpc) is 3.01. The highest BCUT2D eigenvalue weighted by Gasteiger charge is 2.25. The summed E-state index contributed by atoms with van der Waals surface area (Å²) in [5.74, 6) is 0. The molecule has 3 aromatic rings. The van der Waals surface area contributed by atoms with Crippen molar-refractivity contribution in [2.75, 3.05) is 6.54 Å². The van der Waals surface area contributed by atoms with Crippen molar-refractivity contribution < 1.29 is 0 Å². The van der Waals surface area contributed by atoms with Crippen LogP contribution >= 0.6 is 0 Å². The quantitative estimate of drug-likeness (QED) is 0.795. The molecule has 118 valence electrons. The van der Waals surface area contributed by atoms with Gasteiger partial charge < -0.3 is 4.98 Å². The lowest BCUT2D eigenvalue weighted by Crippen LogP contribution is -2.33. The lowest BCUT2D eigenvalue weighted by molar-refractivity contribution is 0.136. The van der Waals surface area contributed by atoms with E-state index in [9.17, 15) is 0 Å². The van der Waals surface area contributed by atoms with Gasteiger partial charge in [0.25, 0.3) is 0 Å². The first-order chi connectivity index (χ1) is 11.3. The van der Waals surface area contributed by atoms with Crippen LogP contribution in [0.25, 0.3) is 10.9 Å². The zero-order valence-corrected chi connectivity index (χ0v) is 13.5. The van der Waals surface area contributed by atoms with Crippen molar-refractivity contribution >= 4 is 10.9 Å². The largest absolute Gasteiger partial charge is 0.357 e. The smallest absolute Gasteiger partial charge is 0.0727 e. The maximum absolute atomic E-state index is 4.53. The Hall–Kier alpha value is -2.20. The molecule has 1 aromatic carbocycles. The normalized spacial score (nSPS) is 19.3. The number of hydrogen-bond acceptors (Lipinski definition) is 3. The van der Waals surface area contributed by atoms with Gasteiger partial charge in [-0.2, -0.15) is 0 Å². The molecule has 4 heteroatoms. The highest BCUT2D eigenvalue weighted by molar-refractivity contribution is 5.80. The van der Waals surface area contributed by atoms with Crippen molar-refractivity contribution in [2.24, 2.45) is 0 Å². The third-order valence-electron chi connectivity index (χ3n) is 4.72. The lowest BCUT2D eigenvalue weighted by Gasteiger charge is -2.34. The highest BCUT2D eigenvalue weighted by atomic mass is 15.2. The zero-order valence-electron chi connectivity index (χ0n) is 13.5. The van der Waals surface area contributed by atoms with Gasteiger partial charge in [-0.1, -0.05) is 24.6 Å². The molecule has 0 amide bonds. The lowest BCUT2D eigenvalue weighted by atomic mass is 9.99. The first kappa shape index (κ1) is 14.4. The number of fused-ring (bicyclic) bond motifs is 1. The van der Waals surface area contributed by atoms with Gasteiger partial charge in [-0.3, -0.25) is 14.9 Å². The number of likely N-dealkylation sites (tertiary alicyclic amines) is 1. The topological polar surface area (TPSA) is 44.8 Å². The number of benzene rings is 1. The van der Waals surface area contributed by atoms with Crippen LogP contribution in [0.4, 0.5) is 0 Å². The van der Waals surface area contributed by atoms with Crippen LogP contribution in [0.2, 0.25) is 0 Å². The molecule has 0 aliphatic carbocycles. The van der Waals surface area contributed by atoms with Gasteiger partial charge >= 0.3 is 0 Å². The van der Waals surface area contributed by atoms with Crippen molar-refractivity contribution in [1.82, 2.24) is 19.9 Å². The average molecular weight is 306 g/mol. The van der Waals surface area contributed by atoms with Gasteiger partial charge in [0.2, 0.25) is 0 Å².